The van der Waals surface area contributed by atoms with E-state index in [1.165, 1.54) is 0 Å². The van der Waals surface area contributed by atoms with Gasteiger partial charge in [0.2, 0.25) is 11.8 Å². The number of benzene rings is 1. The lowest BCUT2D eigenvalue weighted by molar-refractivity contribution is 0.00718. The monoisotopic (exact) mass is 465 g/mol. The van der Waals surface area contributed by atoms with Crippen LogP contribution in [0.4, 0.5) is 5.95 Å². The molecule has 0 bridgehead atoms. The van der Waals surface area contributed by atoms with Gasteiger partial charge in [-0.3, -0.25) is 0 Å². The number of aliphatic hydroxyl groups excluding tert-OH is 1. The summed E-state index contributed by atoms with van der Waals surface area (Å²) in [6.45, 7) is 4.65. The van der Waals surface area contributed by atoms with Crippen molar-refractivity contribution < 1.29 is 14.6 Å². The quantitative estimate of drug-likeness (QED) is 0.407. The predicted octanol–water partition coefficient (Wildman–Crippen LogP) is 3.46. The number of rotatable bonds is 8. The van der Waals surface area contributed by atoms with Crippen molar-refractivity contribution in [1.82, 2.24) is 29.6 Å². The zero-order valence-corrected chi connectivity index (χ0v) is 19.8. The Morgan fingerprint density at radius 1 is 1.18 bits per heavy atom. The van der Waals surface area contributed by atoms with E-state index >= 15 is 0 Å². The fourth-order valence-electron chi connectivity index (χ4n) is 4.69. The Morgan fingerprint density at radius 3 is 2.74 bits per heavy atom. The summed E-state index contributed by atoms with van der Waals surface area (Å²) < 4.78 is 15.1. The maximum atomic E-state index is 8.95. The third kappa shape index (κ3) is 4.30. The zero-order chi connectivity index (χ0) is 23.7. The normalized spacial score (nSPS) is 18.7. The average molecular weight is 466 g/mol. The summed E-state index contributed by atoms with van der Waals surface area (Å²) in [4.78, 5) is 4.68. The van der Waals surface area contributed by atoms with Crippen molar-refractivity contribution in [3.63, 3.8) is 0 Å². The van der Waals surface area contributed by atoms with E-state index in [1.54, 1.807) is 7.11 Å². The molecule has 34 heavy (non-hydrogen) atoms. The summed E-state index contributed by atoms with van der Waals surface area (Å²) in [5.74, 6) is 1.07. The Bertz CT molecular complexity index is 1270. The third-order valence-corrected chi connectivity index (χ3v) is 6.40. The van der Waals surface area contributed by atoms with Crippen molar-refractivity contribution in [2.45, 2.75) is 57.7 Å². The van der Waals surface area contributed by atoms with Gasteiger partial charge < -0.3 is 19.9 Å². The first-order chi connectivity index (χ1) is 16.6. The van der Waals surface area contributed by atoms with Gasteiger partial charge in [0.05, 0.1) is 31.9 Å². The molecule has 5 rings (SSSR count). The molecule has 180 valence electrons. The Labute approximate surface area is 197 Å². The Morgan fingerprint density at radius 2 is 2.00 bits per heavy atom. The summed E-state index contributed by atoms with van der Waals surface area (Å²) >= 11 is 0. The van der Waals surface area contributed by atoms with E-state index in [0.29, 0.717) is 18.4 Å². The molecule has 3 aromatic heterocycles. The molecule has 1 saturated carbocycles. The zero-order valence-electron chi connectivity index (χ0n) is 19.8. The number of ether oxygens (including phenoxy) is 2. The molecule has 1 aliphatic carbocycles. The number of methoxy groups -OCH3 is 1. The number of fused-ring (bicyclic) bond motifs is 2. The molecule has 0 aliphatic heterocycles. The topological polar surface area (TPSA) is 112 Å². The van der Waals surface area contributed by atoms with Crippen molar-refractivity contribution in [3.05, 3.63) is 30.5 Å². The van der Waals surface area contributed by atoms with Gasteiger partial charge in [0, 0.05) is 23.8 Å². The summed E-state index contributed by atoms with van der Waals surface area (Å²) in [5.41, 5.74) is 4.69. The summed E-state index contributed by atoms with van der Waals surface area (Å²) in [6.07, 6.45) is 5.99. The molecule has 1 aliphatic rings. The van der Waals surface area contributed by atoms with Gasteiger partial charge >= 0.3 is 0 Å². The molecular weight excluding hydrogens is 434 g/mol. The molecule has 0 amide bonds. The minimum Gasteiger partial charge on any atom is -0.479 e. The van der Waals surface area contributed by atoms with E-state index in [4.69, 9.17) is 19.7 Å². The second-order valence-electron chi connectivity index (χ2n) is 9.01. The standard InChI is InChI=1S/C24H31N7O3/c1-15(2)31-21-14-16(4-9-20(21)27-29-31)19-10-11-30-22(19)23(33-3)26-24(28-30)25-17-5-7-18(8-6-17)34-13-12-32/h4,9-11,14-15,17-18,32H,5-8,12-13H2,1-3H3,(H,25,28). The maximum Gasteiger partial charge on any atom is 0.244 e. The molecule has 4 aromatic rings. The highest BCUT2D eigenvalue weighted by Crippen LogP contribution is 2.33. The predicted molar refractivity (Wildman–Crippen MR) is 129 cm³/mol. The summed E-state index contributed by atoms with van der Waals surface area (Å²) in [6, 6.07) is 8.66. The molecule has 1 aromatic carbocycles. The molecule has 0 saturated heterocycles. The molecule has 10 nitrogen and oxygen atoms in total. The SMILES string of the molecule is COc1nc(NC2CCC(OCCO)CC2)nn2ccc(-c3ccc4nnn(C(C)C)c4c3)c12. The van der Waals surface area contributed by atoms with Crippen molar-refractivity contribution in [2.75, 3.05) is 25.6 Å². The second kappa shape index (κ2) is 9.55. The molecule has 3 heterocycles. The van der Waals surface area contributed by atoms with Gasteiger partial charge in [-0.15, -0.1) is 10.2 Å². The van der Waals surface area contributed by atoms with E-state index < -0.39 is 0 Å². The van der Waals surface area contributed by atoms with Gasteiger partial charge in [0.1, 0.15) is 11.0 Å². The number of nitrogens with zero attached hydrogens (tertiary/aromatic N) is 6. The van der Waals surface area contributed by atoms with Crippen molar-refractivity contribution >= 4 is 22.5 Å². The van der Waals surface area contributed by atoms with Crippen molar-refractivity contribution in [1.29, 1.82) is 0 Å². The van der Waals surface area contributed by atoms with Crippen LogP contribution >= 0.6 is 0 Å². The van der Waals surface area contributed by atoms with Crippen LogP contribution in [0.5, 0.6) is 5.88 Å². The number of nitrogens with one attached hydrogen (secondary N) is 1. The lowest BCUT2D eigenvalue weighted by Gasteiger charge is -2.29. The van der Waals surface area contributed by atoms with E-state index in [-0.39, 0.29) is 24.8 Å². The number of aliphatic hydroxyl groups is 1. The van der Waals surface area contributed by atoms with Crippen LogP contribution < -0.4 is 10.1 Å². The smallest absolute Gasteiger partial charge is 0.244 e. The fraction of sp³-hybridized carbons (Fsp3) is 0.500. The molecular formula is C24H31N7O3. The van der Waals surface area contributed by atoms with Crippen LogP contribution in [0.1, 0.15) is 45.6 Å². The van der Waals surface area contributed by atoms with Crippen LogP contribution in [-0.4, -0.2) is 67.2 Å². The van der Waals surface area contributed by atoms with Crippen LogP contribution in [-0.2, 0) is 4.74 Å². The number of aromatic nitrogens is 6. The minimum absolute atomic E-state index is 0.0663. The molecule has 2 N–H and O–H groups in total. The van der Waals surface area contributed by atoms with Gasteiger partial charge in [-0.2, -0.15) is 4.98 Å². The van der Waals surface area contributed by atoms with Crippen LogP contribution in [0.3, 0.4) is 0 Å². The molecule has 0 unspecified atom stereocenters. The summed E-state index contributed by atoms with van der Waals surface area (Å²) in [5, 5.41) is 25.7. The largest absolute Gasteiger partial charge is 0.479 e. The Kier molecular flexibility index (Phi) is 6.34. The van der Waals surface area contributed by atoms with E-state index in [0.717, 1.165) is 53.4 Å². The summed E-state index contributed by atoms with van der Waals surface area (Å²) in [7, 11) is 1.63. The highest BCUT2D eigenvalue weighted by Gasteiger charge is 2.23. The molecule has 10 heteroatoms. The molecule has 0 atom stereocenters. The van der Waals surface area contributed by atoms with Crippen LogP contribution in [0.2, 0.25) is 0 Å². The number of hydrogen-bond acceptors (Lipinski definition) is 8. The van der Waals surface area contributed by atoms with Gasteiger partial charge in [0.25, 0.3) is 0 Å². The second-order valence-corrected chi connectivity index (χ2v) is 9.01. The van der Waals surface area contributed by atoms with Gasteiger partial charge in [0.15, 0.2) is 0 Å². The molecule has 1 fully saturated rings. The highest BCUT2D eigenvalue weighted by molar-refractivity contribution is 5.89. The highest BCUT2D eigenvalue weighted by atomic mass is 16.5. The first-order valence-corrected chi connectivity index (χ1v) is 11.8. The van der Waals surface area contributed by atoms with E-state index in [1.807, 2.05) is 33.6 Å². The molecule has 0 spiro atoms. The van der Waals surface area contributed by atoms with Gasteiger partial charge in [-0.1, -0.05) is 11.3 Å². The Balaban J connectivity index is 1.41. The Hall–Kier alpha value is -3.24. The van der Waals surface area contributed by atoms with Crippen LogP contribution in [0.15, 0.2) is 30.5 Å². The van der Waals surface area contributed by atoms with Gasteiger partial charge in [-0.25, -0.2) is 9.20 Å². The van der Waals surface area contributed by atoms with Crippen LogP contribution in [0, 0.1) is 0 Å². The lowest BCUT2D eigenvalue weighted by atomic mass is 9.93. The lowest BCUT2D eigenvalue weighted by Crippen LogP contribution is -2.31. The van der Waals surface area contributed by atoms with Crippen LogP contribution in [0.25, 0.3) is 27.7 Å². The maximum absolute atomic E-state index is 8.95. The fourth-order valence-corrected chi connectivity index (χ4v) is 4.69. The van der Waals surface area contributed by atoms with E-state index in [2.05, 4.69) is 40.5 Å². The number of anilines is 1. The first kappa shape index (κ1) is 22.5. The average Bonchev–Trinajstić information content (AvgIpc) is 3.47. The first-order valence-electron chi connectivity index (χ1n) is 11.8. The van der Waals surface area contributed by atoms with Crippen molar-refractivity contribution in [3.8, 4) is 17.0 Å². The molecule has 0 radical (unpaired) electrons. The van der Waals surface area contributed by atoms with E-state index in [9.17, 15) is 0 Å². The van der Waals surface area contributed by atoms with Crippen molar-refractivity contribution in [2.24, 2.45) is 0 Å². The number of hydrogen-bond donors (Lipinski definition) is 2. The third-order valence-electron chi connectivity index (χ3n) is 6.40. The minimum atomic E-state index is 0.0663. The van der Waals surface area contributed by atoms with Gasteiger partial charge in [-0.05, 0) is 63.3 Å².